The van der Waals surface area contributed by atoms with Gasteiger partial charge in [0.05, 0.1) is 12.0 Å². The van der Waals surface area contributed by atoms with E-state index >= 15 is 0 Å². The molecule has 2 rings (SSSR count). The molecule has 4 nitrogen and oxygen atoms in total. The van der Waals surface area contributed by atoms with Gasteiger partial charge in [0.1, 0.15) is 5.75 Å². The van der Waals surface area contributed by atoms with Crippen molar-refractivity contribution in [2.45, 2.75) is 4.90 Å². The summed E-state index contributed by atoms with van der Waals surface area (Å²) in [6, 6.07) is 10.6. The van der Waals surface area contributed by atoms with Crippen molar-refractivity contribution in [3.05, 3.63) is 36.4 Å². The lowest BCUT2D eigenvalue weighted by molar-refractivity contribution is -0.432. The van der Waals surface area contributed by atoms with Crippen LogP contribution < -0.4 is 0 Å². The summed E-state index contributed by atoms with van der Waals surface area (Å²) in [4.78, 5) is 0.748. The van der Waals surface area contributed by atoms with E-state index in [1.165, 1.54) is 0 Å². The first-order valence-corrected chi connectivity index (χ1v) is 4.92. The molecule has 0 bridgehead atoms. The van der Waals surface area contributed by atoms with Crippen LogP contribution in [0.25, 0.3) is 10.8 Å². The molecule has 0 aliphatic carbocycles. The zero-order valence-electron chi connectivity index (χ0n) is 7.58. The molecule has 2 aromatic rings. The van der Waals surface area contributed by atoms with E-state index in [0.29, 0.717) is 0 Å². The molecule has 0 radical (unpaired) electrons. The van der Waals surface area contributed by atoms with Crippen LogP contribution >= 0.6 is 12.0 Å². The Hall–Kier alpha value is -1.27. The number of aromatic hydroxyl groups is 1. The lowest BCUT2D eigenvalue weighted by Crippen LogP contribution is -1.81. The van der Waals surface area contributed by atoms with Crippen LogP contribution in [0.2, 0.25) is 0 Å². The summed E-state index contributed by atoms with van der Waals surface area (Å²) in [5.74, 6) is 0.181. The fraction of sp³-hybridized carbons (Fsp3) is 0. The predicted molar refractivity (Wildman–Crippen MR) is 56.3 cm³/mol. The quantitative estimate of drug-likeness (QED) is 0.477. The molecule has 0 aromatic heterocycles. The average molecular weight is 224 g/mol. The molecule has 0 saturated carbocycles. The number of benzene rings is 2. The molecule has 0 aliphatic rings. The zero-order valence-corrected chi connectivity index (χ0v) is 8.40. The van der Waals surface area contributed by atoms with E-state index in [-0.39, 0.29) is 5.75 Å². The Labute approximate surface area is 90.1 Å². The highest BCUT2D eigenvalue weighted by Gasteiger charge is 2.03. The highest BCUT2D eigenvalue weighted by Crippen LogP contribution is 2.30. The van der Waals surface area contributed by atoms with Gasteiger partial charge in [0.2, 0.25) is 0 Å². The van der Waals surface area contributed by atoms with Gasteiger partial charge in [0, 0.05) is 10.3 Å². The van der Waals surface area contributed by atoms with E-state index in [1.807, 2.05) is 12.1 Å². The van der Waals surface area contributed by atoms with Crippen molar-refractivity contribution in [2.24, 2.45) is 0 Å². The van der Waals surface area contributed by atoms with Gasteiger partial charge in [-0.2, -0.15) is 0 Å². The van der Waals surface area contributed by atoms with Crippen LogP contribution in [-0.2, 0) is 9.37 Å². The van der Waals surface area contributed by atoms with Gasteiger partial charge in [-0.05, 0) is 23.6 Å². The summed E-state index contributed by atoms with van der Waals surface area (Å²) in [6.07, 6.45) is 0. The molecular formula is C10H8O4S. The second kappa shape index (κ2) is 4.50. The molecule has 2 N–H and O–H groups in total. The van der Waals surface area contributed by atoms with E-state index in [0.717, 1.165) is 27.7 Å². The van der Waals surface area contributed by atoms with Gasteiger partial charge in [-0.15, -0.1) is 4.33 Å². The van der Waals surface area contributed by atoms with Crippen molar-refractivity contribution in [2.75, 3.05) is 0 Å². The fourth-order valence-electron chi connectivity index (χ4n) is 1.36. The van der Waals surface area contributed by atoms with Crippen LogP contribution in [0.3, 0.4) is 0 Å². The largest absolute Gasteiger partial charge is 0.508 e. The van der Waals surface area contributed by atoms with Crippen molar-refractivity contribution in [1.82, 2.24) is 0 Å². The second-order valence-corrected chi connectivity index (χ2v) is 3.63. The number of rotatable bonds is 3. The van der Waals surface area contributed by atoms with Crippen molar-refractivity contribution >= 4 is 22.8 Å². The van der Waals surface area contributed by atoms with Gasteiger partial charge < -0.3 is 5.11 Å². The molecule has 78 valence electrons. The molecule has 0 spiro atoms. The highest BCUT2D eigenvalue weighted by molar-refractivity contribution is 7.94. The van der Waals surface area contributed by atoms with E-state index in [4.69, 9.17) is 5.26 Å². The summed E-state index contributed by atoms with van der Waals surface area (Å²) in [7, 11) is 0. The Morgan fingerprint density at radius 3 is 2.80 bits per heavy atom. The Morgan fingerprint density at radius 1 is 1.13 bits per heavy atom. The third kappa shape index (κ3) is 2.21. The molecule has 0 aliphatic heterocycles. The van der Waals surface area contributed by atoms with Crippen molar-refractivity contribution in [3.8, 4) is 5.75 Å². The molecule has 15 heavy (non-hydrogen) atoms. The van der Waals surface area contributed by atoms with E-state index in [1.54, 1.807) is 24.3 Å². The first-order chi connectivity index (χ1) is 7.31. The highest BCUT2D eigenvalue weighted by atomic mass is 32.2. The summed E-state index contributed by atoms with van der Waals surface area (Å²) in [6.45, 7) is 0. The van der Waals surface area contributed by atoms with Crippen LogP contribution in [0.1, 0.15) is 0 Å². The maximum atomic E-state index is 9.35. The number of hydrogen-bond acceptors (Lipinski definition) is 5. The van der Waals surface area contributed by atoms with Crippen molar-refractivity contribution < 1.29 is 19.7 Å². The van der Waals surface area contributed by atoms with Crippen LogP contribution in [-0.4, -0.2) is 10.4 Å². The number of fused-ring (bicyclic) bond motifs is 1. The Morgan fingerprint density at radius 2 is 2.00 bits per heavy atom. The number of phenols is 1. The second-order valence-electron chi connectivity index (χ2n) is 2.89. The predicted octanol–water partition coefficient (Wildman–Crippen LogP) is 2.97. The summed E-state index contributed by atoms with van der Waals surface area (Å²) >= 11 is 0.875. The molecule has 0 atom stereocenters. The van der Waals surface area contributed by atoms with Gasteiger partial charge in [-0.1, -0.05) is 23.2 Å². The zero-order chi connectivity index (χ0) is 10.7. The standard InChI is InChI=1S/C10H8O4S/c11-8-5-4-7-2-1-3-10(9(7)6-8)15-14-13-12/h1-6,11-12H. The Bertz CT molecular complexity index is 472. The van der Waals surface area contributed by atoms with E-state index < -0.39 is 0 Å². The minimum absolute atomic E-state index is 0.181. The summed E-state index contributed by atoms with van der Waals surface area (Å²) in [5, 5.41) is 22.7. The molecule has 5 heteroatoms. The van der Waals surface area contributed by atoms with Crippen molar-refractivity contribution in [1.29, 1.82) is 0 Å². The van der Waals surface area contributed by atoms with Crippen LogP contribution in [0.15, 0.2) is 41.3 Å². The first-order valence-electron chi connectivity index (χ1n) is 4.18. The molecular weight excluding hydrogens is 216 g/mol. The minimum atomic E-state index is 0.181. The third-order valence-electron chi connectivity index (χ3n) is 1.98. The lowest BCUT2D eigenvalue weighted by atomic mass is 10.1. The van der Waals surface area contributed by atoms with Crippen molar-refractivity contribution in [3.63, 3.8) is 0 Å². The van der Waals surface area contributed by atoms with E-state index in [9.17, 15) is 5.11 Å². The molecule has 2 aromatic carbocycles. The Kier molecular flexibility index (Phi) is 3.08. The summed E-state index contributed by atoms with van der Waals surface area (Å²) in [5.41, 5.74) is 0. The van der Waals surface area contributed by atoms with Crippen LogP contribution in [0, 0.1) is 0 Å². The topological polar surface area (TPSA) is 58.9 Å². The smallest absolute Gasteiger partial charge is 0.116 e. The van der Waals surface area contributed by atoms with Crippen LogP contribution in [0.5, 0.6) is 5.75 Å². The Balaban J connectivity index is 2.48. The van der Waals surface area contributed by atoms with E-state index in [2.05, 4.69) is 9.37 Å². The SMILES string of the molecule is OOOSc1cccc2ccc(O)cc12. The van der Waals surface area contributed by atoms with Gasteiger partial charge >= 0.3 is 0 Å². The third-order valence-corrected chi connectivity index (χ3v) is 2.64. The normalized spacial score (nSPS) is 10.7. The van der Waals surface area contributed by atoms with Gasteiger partial charge in [-0.3, -0.25) is 0 Å². The van der Waals surface area contributed by atoms with Crippen LogP contribution in [0.4, 0.5) is 0 Å². The van der Waals surface area contributed by atoms with Gasteiger partial charge in [-0.25, -0.2) is 5.26 Å². The molecule has 0 unspecified atom stereocenters. The molecule has 0 amide bonds. The van der Waals surface area contributed by atoms with Gasteiger partial charge in [0.15, 0.2) is 0 Å². The maximum absolute atomic E-state index is 9.35. The lowest BCUT2D eigenvalue weighted by Gasteiger charge is -2.03. The number of hydrogen-bond donors (Lipinski definition) is 2. The molecule has 0 heterocycles. The monoisotopic (exact) mass is 224 g/mol. The molecule has 0 saturated heterocycles. The minimum Gasteiger partial charge on any atom is -0.508 e. The number of phenolic OH excluding ortho intramolecular Hbond substituents is 1. The first kappa shape index (κ1) is 10.3. The molecule has 0 fully saturated rings. The van der Waals surface area contributed by atoms with Gasteiger partial charge in [0.25, 0.3) is 0 Å². The maximum Gasteiger partial charge on any atom is 0.116 e. The average Bonchev–Trinajstić information content (AvgIpc) is 2.26. The fourth-order valence-corrected chi connectivity index (χ4v) is 1.86. The summed E-state index contributed by atoms with van der Waals surface area (Å²) < 4.78 is 4.36.